The predicted octanol–water partition coefficient (Wildman–Crippen LogP) is 4.10. The summed E-state index contributed by atoms with van der Waals surface area (Å²) in [4.78, 5) is 4.46. The first-order valence-electron chi connectivity index (χ1n) is 7.18. The van der Waals surface area contributed by atoms with Crippen LogP contribution in [0.3, 0.4) is 0 Å². The molecule has 1 N–H and O–H groups in total. The highest BCUT2D eigenvalue weighted by molar-refractivity contribution is 5.76. The molecule has 0 aliphatic heterocycles. The van der Waals surface area contributed by atoms with Crippen LogP contribution in [-0.4, -0.2) is 19.3 Å². The molecule has 18 heavy (non-hydrogen) atoms. The molecule has 102 valence electrons. The van der Waals surface area contributed by atoms with Crippen molar-refractivity contribution in [1.29, 1.82) is 0 Å². The monoisotopic (exact) mass is 248 g/mol. The minimum atomic E-state index is 0.543. The van der Waals surface area contributed by atoms with Crippen LogP contribution < -0.4 is 5.32 Å². The van der Waals surface area contributed by atoms with Gasteiger partial charge in [-0.1, -0.05) is 25.5 Å². The Morgan fingerprint density at radius 1 is 1.33 bits per heavy atom. The van der Waals surface area contributed by atoms with E-state index in [0.29, 0.717) is 5.41 Å². The Balaban J connectivity index is 2.35. The van der Waals surface area contributed by atoms with Crippen molar-refractivity contribution in [3.05, 3.63) is 24.4 Å². The Morgan fingerprint density at radius 3 is 2.67 bits per heavy atom. The van der Waals surface area contributed by atoms with Crippen molar-refractivity contribution in [2.45, 2.75) is 52.4 Å². The Hall–Kier alpha value is -1.05. The van der Waals surface area contributed by atoms with Crippen LogP contribution in [0.5, 0.6) is 0 Å². The van der Waals surface area contributed by atoms with Crippen molar-refractivity contribution in [3.63, 3.8) is 0 Å². The van der Waals surface area contributed by atoms with Gasteiger partial charge in [0, 0.05) is 19.3 Å². The number of nitrogens with zero attached hydrogens (tertiary/aromatic N) is 1. The van der Waals surface area contributed by atoms with E-state index in [1.54, 1.807) is 0 Å². The van der Waals surface area contributed by atoms with E-state index in [1.807, 2.05) is 26.3 Å². The molecule has 0 aromatic rings. The van der Waals surface area contributed by atoms with Crippen molar-refractivity contribution in [1.82, 2.24) is 5.32 Å². The molecule has 0 aromatic heterocycles. The SMILES string of the molecule is C=C(C)C=NCCC1(CCN/C=C/C)CCCC1. The van der Waals surface area contributed by atoms with Crippen molar-refractivity contribution in [2.75, 3.05) is 13.1 Å². The highest BCUT2D eigenvalue weighted by Crippen LogP contribution is 2.43. The third-order valence-electron chi connectivity index (χ3n) is 3.83. The summed E-state index contributed by atoms with van der Waals surface area (Å²) in [7, 11) is 0. The minimum absolute atomic E-state index is 0.543. The van der Waals surface area contributed by atoms with Gasteiger partial charge in [-0.3, -0.25) is 4.99 Å². The summed E-state index contributed by atoms with van der Waals surface area (Å²) in [5, 5.41) is 3.36. The quantitative estimate of drug-likeness (QED) is 0.507. The van der Waals surface area contributed by atoms with Crippen LogP contribution >= 0.6 is 0 Å². The summed E-state index contributed by atoms with van der Waals surface area (Å²) in [6.45, 7) is 9.93. The molecule has 1 saturated carbocycles. The zero-order valence-electron chi connectivity index (χ0n) is 12.0. The summed E-state index contributed by atoms with van der Waals surface area (Å²) in [6, 6.07) is 0. The second kappa shape index (κ2) is 8.12. The van der Waals surface area contributed by atoms with Crippen molar-refractivity contribution >= 4 is 6.21 Å². The van der Waals surface area contributed by atoms with E-state index in [0.717, 1.165) is 18.7 Å². The maximum Gasteiger partial charge on any atom is 0.0394 e. The van der Waals surface area contributed by atoms with Gasteiger partial charge in [0.25, 0.3) is 0 Å². The Bertz CT molecular complexity index is 296. The Labute approximate surface area is 112 Å². The van der Waals surface area contributed by atoms with Crippen LogP contribution in [0.4, 0.5) is 0 Å². The summed E-state index contributed by atoms with van der Waals surface area (Å²) in [5.74, 6) is 0. The smallest absolute Gasteiger partial charge is 0.0394 e. The van der Waals surface area contributed by atoms with Crippen LogP contribution in [0.1, 0.15) is 52.4 Å². The van der Waals surface area contributed by atoms with Crippen LogP contribution in [0, 0.1) is 5.41 Å². The molecule has 0 spiro atoms. The lowest BCUT2D eigenvalue weighted by Gasteiger charge is -2.28. The fourth-order valence-electron chi connectivity index (χ4n) is 2.81. The number of nitrogens with one attached hydrogen (secondary N) is 1. The van der Waals surface area contributed by atoms with Crippen LogP contribution in [0.15, 0.2) is 29.4 Å². The standard InChI is InChI=1S/C16H28N2/c1-4-11-17-12-9-16(7-5-6-8-16)10-13-18-14-15(2)3/h4,11,14,17H,2,5-10,12-13H2,1,3H3/b11-4+,18-14?. The van der Waals surface area contributed by atoms with E-state index >= 15 is 0 Å². The first-order valence-corrected chi connectivity index (χ1v) is 7.18. The summed E-state index contributed by atoms with van der Waals surface area (Å²) < 4.78 is 0. The van der Waals surface area contributed by atoms with E-state index in [2.05, 4.69) is 23.0 Å². The molecule has 2 heteroatoms. The van der Waals surface area contributed by atoms with Gasteiger partial charge < -0.3 is 5.32 Å². The molecule has 2 nitrogen and oxygen atoms in total. The topological polar surface area (TPSA) is 24.4 Å². The van der Waals surface area contributed by atoms with Gasteiger partial charge in [-0.15, -0.1) is 0 Å². The maximum atomic E-state index is 4.46. The average Bonchev–Trinajstić information content (AvgIpc) is 2.80. The lowest BCUT2D eigenvalue weighted by Crippen LogP contribution is -2.23. The fraction of sp³-hybridized carbons (Fsp3) is 0.688. The largest absolute Gasteiger partial charge is 0.391 e. The van der Waals surface area contributed by atoms with Crippen molar-refractivity contribution in [2.24, 2.45) is 10.4 Å². The van der Waals surface area contributed by atoms with Gasteiger partial charge in [0.15, 0.2) is 0 Å². The van der Waals surface area contributed by atoms with E-state index in [-0.39, 0.29) is 0 Å². The normalized spacial score (nSPS) is 18.8. The summed E-state index contributed by atoms with van der Waals surface area (Å²) in [5.41, 5.74) is 1.59. The maximum absolute atomic E-state index is 4.46. The van der Waals surface area contributed by atoms with E-state index in [4.69, 9.17) is 0 Å². The molecule has 0 saturated heterocycles. The van der Waals surface area contributed by atoms with Crippen LogP contribution in [0.25, 0.3) is 0 Å². The van der Waals surface area contributed by atoms with Gasteiger partial charge in [-0.25, -0.2) is 0 Å². The van der Waals surface area contributed by atoms with Crippen molar-refractivity contribution < 1.29 is 0 Å². The highest BCUT2D eigenvalue weighted by atomic mass is 14.8. The second-order valence-corrected chi connectivity index (χ2v) is 5.54. The fourth-order valence-corrected chi connectivity index (χ4v) is 2.81. The molecule has 0 heterocycles. The van der Waals surface area contributed by atoms with Gasteiger partial charge in [0.05, 0.1) is 0 Å². The molecule has 0 bridgehead atoms. The zero-order valence-corrected chi connectivity index (χ0v) is 12.0. The minimum Gasteiger partial charge on any atom is -0.391 e. The van der Waals surface area contributed by atoms with E-state index in [1.165, 1.54) is 38.5 Å². The molecule has 0 radical (unpaired) electrons. The van der Waals surface area contributed by atoms with Crippen molar-refractivity contribution in [3.8, 4) is 0 Å². The van der Waals surface area contributed by atoms with Gasteiger partial charge >= 0.3 is 0 Å². The molecule has 1 fully saturated rings. The molecule has 1 rings (SSSR count). The molecule has 0 atom stereocenters. The molecular formula is C16H28N2. The molecule has 1 aliphatic carbocycles. The second-order valence-electron chi connectivity index (χ2n) is 5.54. The number of rotatable bonds is 8. The lowest BCUT2D eigenvalue weighted by atomic mass is 9.79. The predicted molar refractivity (Wildman–Crippen MR) is 81.1 cm³/mol. The third kappa shape index (κ3) is 5.52. The first-order chi connectivity index (χ1) is 8.68. The molecule has 0 unspecified atom stereocenters. The Kier molecular flexibility index (Phi) is 6.77. The number of aliphatic imine (C=N–C) groups is 1. The zero-order chi connectivity index (χ0) is 13.3. The molecule has 1 aliphatic rings. The number of allylic oxidation sites excluding steroid dienone is 2. The van der Waals surface area contributed by atoms with E-state index < -0.39 is 0 Å². The summed E-state index contributed by atoms with van der Waals surface area (Å²) >= 11 is 0. The van der Waals surface area contributed by atoms with Gasteiger partial charge in [0.1, 0.15) is 0 Å². The van der Waals surface area contributed by atoms with Gasteiger partial charge in [-0.05, 0) is 56.7 Å². The van der Waals surface area contributed by atoms with Gasteiger partial charge in [-0.2, -0.15) is 0 Å². The summed E-state index contributed by atoms with van der Waals surface area (Å²) in [6.07, 6.45) is 14.1. The number of hydrogen-bond donors (Lipinski definition) is 1. The average molecular weight is 248 g/mol. The van der Waals surface area contributed by atoms with Gasteiger partial charge in [0.2, 0.25) is 0 Å². The first kappa shape index (κ1) is 15.0. The molecule has 0 aromatic carbocycles. The van der Waals surface area contributed by atoms with E-state index in [9.17, 15) is 0 Å². The number of hydrogen-bond acceptors (Lipinski definition) is 2. The highest BCUT2D eigenvalue weighted by Gasteiger charge is 2.32. The Morgan fingerprint density at radius 2 is 2.06 bits per heavy atom. The van der Waals surface area contributed by atoms with Crippen LogP contribution in [-0.2, 0) is 0 Å². The molecular weight excluding hydrogens is 220 g/mol. The third-order valence-corrected chi connectivity index (χ3v) is 3.83. The molecule has 0 amide bonds. The lowest BCUT2D eigenvalue weighted by molar-refractivity contribution is 0.253. The van der Waals surface area contributed by atoms with Crippen LogP contribution in [0.2, 0.25) is 0 Å².